The molecule has 2 amide bonds. The molecule has 11 heteroatoms. The summed E-state index contributed by atoms with van der Waals surface area (Å²) >= 11 is 6.37. The van der Waals surface area contributed by atoms with Gasteiger partial charge >= 0.3 is 6.09 Å². The molecular weight excluding hydrogens is 539 g/mol. The molecule has 0 saturated heterocycles. The molecule has 2 bridgehead atoms. The molecule has 1 fully saturated rings. The number of nitrogens with one attached hydrogen (secondary N) is 2. The number of benzene rings is 2. The van der Waals surface area contributed by atoms with Crippen molar-refractivity contribution in [3.63, 3.8) is 0 Å². The van der Waals surface area contributed by atoms with E-state index in [4.69, 9.17) is 16.3 Å². The topological polar surface area (TPSA) is 123 Å². The van der Waals surface area contributed by atoms with Gasteiger partial charge in [-0.1, -0.05) is 42.5 Å². The molecule has 0 unspecified atom stereocenters. The number of carbonyl (C=O) groups excluding carboxylic acids is 2. The molecule has 0 radical (unpaired) electrons. The molecule has 3 heterocycles. The number of ether oxygens (including phenoxy) is 1. The Morgan fingerprint density at radius 3 is 2.52 bits per heavy atom. The molecule has 40 heavy (non-hydrogen) atoms. The third kappa shape index (κ3) is 5.28. The van der Waals surface area contributed by atoms with Gasteiger partial charge in [-0.3, -0.25) is 14.2 Å². The number of carbonyl (C=O) groups is 2. The van der Waals surface area contributed by atoms with Crippen molar-refractivity contribution in [1.82, 2.24) is 20.2 Å². The second-order valence-corrected chi connectivity index (χ2v) is 11.0. The highest BCUT2D eigenvalue weighted by molar-refractivity contribution is 6.18. The Balaban J connectivity index is 1.45. The molecule has 3 aliphatic rings. The third-order valence-corrected chi connectivity index (χ3v) is 8.53. The lowest BCUT2D eigenvalue weighted by molar-refractivity contribution is 0.0938. The molecule has 1 aromatic heterocycles. The number of alkyl carbamates (subject to hydrolysis) is 1. The van der Waals surface area contributed by atoms with Crippen molar-refractivity contribution in [3.05, 3.63) is 92.9 Å². The van der Waals surface area contributed by atoms with Crippen molar-refractivity contribution >= 4 is 23.6 Å². The summed E-state index contributed by atoms with van der Waals surface area (Å²) in [5, 5.41) is 16.3. The molecular formula is C29H30ClFN4O5. The highest BCUT2D eigenvalue weighted by atomic mass is 35.5. The number of halogens is 2. The Bertz CT molecular complexity index is 1500. The zero-order valence-corrected chi connectivity index (χ0v) is 22.8. The number of aromatic hydroxyl groups is 1. The minimum absolute atomic E-state index is 0.0318. The number of nitrogens with zero attached hydrogens (tertiary/aromatic N) is 2. The van der Waals surface area contributed by atoms with E-state index in [0.29, 0.717) is 36.8 Å². The molecule has 9 nitrogen and oxygen atoms in total. The van der Waals surface area contributed by atoms with Crippen LogP contribution in [0.1, 0.15) is 58.7 Å². The fraction of sp³-hybridized carbons (Fsp3) is 0.379. The van der Waals surface area contributed by atoms with Crippen molar-refractivity contribution in [1.29, 1.82) is 0 Å². The van der Waals surface area contributed by atoms with Crippen LogP contribution in [0.25, 0.3) is 0 Å². The van der Waals surface area contributed by atoms with Crippen molar-refractivity contribution in [3.8, 4) is 5.75 Å². The molecule has 2 aliphatic heterocycles. The van der Waals surface area contributed by atoms with Crippen LogP contribution in [0.4, 0.5) is 9.18 Å². The van der Waals surface area contributed by atoms with Crippen molar-refractivity contribution in [2.75, 3.05) is 5.88 Å². The van der Waals surface area contributed by atoms with Crippen LogP contribution < -0.4 is 16.2 Å². The van der Waals surface area contributed by atoms with Gasteiger partial charge in [0.05, 0.1) is 0 Å². The van der Waals surface area contributed by atoms with E-state index in [9.17, 15) is 23.9 Å². The summed E-state index contributed by atoms with van der Waals surface area (Å²) in [6.45, 7) is 1.90. The minimum Gasteiger partial charge on any atom is -0.501 e. The van der Waals surface area contributed by atoms with Gasteiger partial charge < -0.3 is 20.5 Å². The van der Waals surface area contributed by atoms with Gasteiger partial charge in [0.2, 0.25) is 5.75 Å². The largest absolute Gasteiger partial charge is 0.501 e. The van der Waals surface area contributed by atoms with Crippen LogP contribution >= 0.6 is 11.6 Å². The van der Waals surface area contributed by atoms with Gasteiger partial charge in [-0.15, -0.1) is 11.6 Å². The standard InChI is InChI=1S/C29H30ClFN4O5/c1-18-13-20(7-8-21(18)31)14-32-24(37)22-23(36)25(38)35-17-28(16-30)9-11-29(12-10-28,26(35)33-22)34-27(39)40-15-19-5-3-2-4-6-19/h2-8,13,36H,9-12,14-17H2,1H3,(H,32,37)(H,34,39). The van der Waals surface area contributed by atoms with Gasteiger partial charge in [-0.2, -0.15) is 0 Å². The monoisotopic (exact) mass is 568 g/mol. The SMILES string of the molecule is Cc1cc(CNC(=O)c2nc3n(c(=O)c2O)CC2(CCl)CCC3(NC(=O)OCc3ccccc3)CC2)ccc1F. The van der Waals surface area contributed by atoms with Gasteiger partial charge in [-0.25, -0.2) is 14.2 Å². The zero-order chi connectivity index (χ0) is 28.5. The first kappa shape index (κ1) is 27.6. The van der Waals surface area contributed by atoms with Gasteiger partial charge in [0.25, 0.3) is 11.5 Å². The first-order valence-corrected chi connectivity index (χ1v) is 13.6. The summed E-state index contributed by atoms with van der Waals surface area (Å²) in [5.41, 5.74) is -0.874. The normalized spacial score (nSPS) is 21.3. The Morgan fingerprint density at radius 2 is 1.85 bits per heavy atom. The average Bonchev–Trinajstić information content (AvgIpc) is 3.18. The van der Waals surface area contributed by atoms with Crippen LogP contribution in [0.2, 0.25) is 0 Å². The number of hydrogen-bond acceptors (Lipinski definition) is 6. The van der Waals surface area contributed by atoms with Crippen LogP contribution in [-0.2, 0) is 30.0 Å². The maximum atomic E-state index is 13.6. The fourth-order valence-corrected chi connectivity index (χ4v) is 5.89. The summed E-state index contributed by atoms with van der Waals surface area (Å²) in [6.07, 6.45) is 1.37. The lowest BCUT2D eigenvalue weighted by Gasteiger charge is -2.41. The van der Waals surface area contributed by atoms with E-state index in [1.165, 1.54) is 16.7 Å². The summed E-state index contributed by atoms with van der Waals surface area (Å²) in [5.74, 6) is -1.46. The van der Waals surface area contributed by atoms with Gasteiger partial charge in [0.15, 0.2) is 5.69 Å². The van der Waals surface area contributed by atoms with E-state index in [1.807, 2.05) is 30.3 Å². The highest BCUT2D eigenvalue weighted by Gasteiger charge is 2.51. The predicted octanol–water partition coefficient (Wildman–Crippen LogP) is 4.26. The Morgan fingerprint density at radius 1 is 1.12 bits per heavy atom. The number of hydrogen-bond donors (Lipinski definition) is 3. The van der Waals surface area contributed by atoms with E-state index < -0.39 is 40.0 Å². The fourth-order valence-electron chi connectivity index (χ4n) is 5.53. The summed E-state index contributed by atoms with van der Waals surface area (Å²) in [4.78, 5) is 44.0. The zero-order valence-electron chi connectivity index (χ0n) is 22.0. The van der Waals surface area contributed by atoms with Crippen molar-refractivity contribution in [2.24, 2.45) is 5.41 Å². The Kier molecular flexibility index (Phi) is 7.55. The summed E-state index contributed by atoms with van der Waals surface area (Å²) < 4.78 is 20.4. The Labute approximate surface area is 235 Å². The molecule has 3 aromatic rings. The number of alkyl halides is 1. The number of fused-ring (bicyclic) bond motifs is 2. The van der Waals surface area contributed by atoms with E-state index in [1.54, 1.807) is 13.0 Å². The molecule has 3 N–H and O–H groups in total. The lowest BCUT2D eigenvalue weighted by atomic mass is 9.69. The summed E-state index contributed by atoms with van der Waals surface area (Å²) in [6, 6.07) is 13.7. The number of aromatic nitrogens is 2. The quantitative estimate of drug-likeness (QED) is 0.366. The molecule has 0 spiro atoms. The molecule has 1 aliphatic carbocycles. The molecule has 2 aromatic carbocycles. The molecule has 6 rings (SSSR count). The van der Waals surface area contributed by atoms with Crippen LogP contribution in [0.3, 0.4) is 0 Å². The number of rotatable bonds is 7. The maximum Gasteiger partial charge on any atom is 0.408 e. The predicted molar refractivity (Wildman–Crippen MR) is 146 cm³/mol. The van der Waals surface area contributed by atoms with E-state index >= 15 is 0 Å². The smallest absolute Gasteiger partial charge is 0.408 e. The molecule has 0 atom stereocenters. The van der Waals surface area contributed by atoms with Crippen LogP contribution in [0.15, 0.2) is 53.3 Å². The summed E-state index contributed by atoms with van der Waals surface area (Å²) in [7, 11) is 0. The van der Waals surface area contributed by atoms with E-state index in [-0.39, 0.29) is 37.2 Å². The first-order chi connectivity index (χ1) is 19.2. The van der Waals surface area contributed by atoms with Gasteiger partial charge in [-0.05, 0) is 55.4 Å². The lowest BCUT2D eigenvalue weighted by Crippen LogP contribution is -2.50. The third-order valence-electron chi connectivity index (χ3n) is 7.96. The van der Waals surface area contributed by atoms with Gasteiger partial charge in [0.1, 0.15) is 23.8 Å². The van der Waals surface area contributed by atoms with Crippen molar-refractivity contribution < 1.29 is 23.8 Å². The van der Waals surface area contributed by atoms with Crippen LogP contribution in [-0.4, -0.2) is 32.5 Å². The minimum atomic E-state index is -1.10. The molecule has 1 saturated carbocycles. The maximum absolute atomic E-state index is 13.6. The molecule has 210 valence electrons. The van der Waals surface area contributed by atoms with E-state index in [2.05, 4.69) is 15.6 Å². The Hall–Kier alpha value is -3.92. The second-order valence-electron chi connectivity index (χ2n) is 10.7. The first-order valence-electron chi connectivity index (χ1n) is 13.1. The van der Waals surface area contributed by atoms with Crippen molar-refractivity contribution in [2.45, 2.75) is 57.8 Å². The number of amides is 2. The average molecular weight is 569 g/mol. The van der Waals surface area contributed by atoms with Crippen LogP contribution in [0, 0.1) is 18.2 Å². The van der Waals surface area contributed by atoms with Crippen LogP contribution in [0.5, 0.6) is 5.75 Å². The van der Waals surface area contributed by atoms with Gasteiger partial charge in [0, 0.05) is 24.4 Å². The highest BCUT2D eigenvalue weighted by Crippen LogP contribution is 2.50. The van der Waals surface area contributed by atoms with E-state index in [0.717, 1.165) is 5.56 Å². The number of aryl methyl sites for hydroxylation is 1. The second kappa shape index (κ2) is 10.9.